The van der Waals surface area contributed by atoms with Crippen molar-refractivity contribution in [2.75, 3.05) is 5.32 Å². The monoisotopic (exact) mass is 354 g/mol. The molecule has 114 valence electrons. The van der Waals surface area contributed by atoms with Crippen LogP contribution in [-0.2, 0) is 0 Å². The lowest BCUT2D eigenvalue weighted by atomic mass is 9.98. The van der Waals surface area contributed by atoms with Gasteiger partial charge in [0.15, 0.2) is 0 Å². The molecule has 6 heteroatoms. The molecule has 2 N–H and O–H groups in total. The largest absolute Gasteiger partial charge is 0.478 e. The zero-order valence-electron chi connectivity index (χ0n) is 12.1. The number of nitrogens with zero attached hydrogens (tertiary/aromatic N) is 1. The van der Waals surface area contributed by atoms with Gasteiger partial charge in [-0.05, 0) is 51.3 Å². The summed E-state index contributed by atoms with van der Waals surface area (Å²) in [5.74, 6) is -1.06. The number of amides is 2. The molecule has 1 aliphatic rings. The second-order valence-corrected chi connectivity index (χ2v) is 6.38. The molecular weight excluding hydrogens is 336 g/mol. The lowest BCUT2D eigenvalue weighted by Crippen LogP contribution is -2.49. The van der Waals surface area contributed by atoms with Gasteiger partial charge in [-0.15, -0.1) is 0 Å². The van der Waals surface area contributed by atoms with Crippen LogP contribution in [0.15, 0.2) is 22.7 Å². The van der Waals surface area contributed by atoms with E-state index in [1.54, 1.807) is 17.0 Å². The summed E-state index contributed by atoms with van der Waals surface area (Å²) in [5.41, 5.74) is 0.399. The molecule has 1 aromatic rings. The van der Waals surface area contributed by atoms with Crippen molar-refractivity contribution >= 4 is 33.6 Å². The van der Waals surface area contributed by atoms with Crippen LogP contribution in [0.25, 0.3) is 0 Å². The van der Waals surface area contributed by atoms with E-state index >= 15 is 0 Å². The van der Waals surface area contributed by atoms with Crippen LogP contribution in [-0.4, -0.2) is 34.1 Å². The van der Waals surface area contributed by atoms with Gasteiger partial charge in [0.05, 0.1) is 11.3 Å². The number of halogens is 1. The van der Waals surface area contributed by atoms with Gasteiger partial charge in [-0.25, -0.2) is 9.59 Å². The average molecular weight is 355 g/mol. The highest BCUT2D eigenvalue weighted by Crippen LogP contribution is 2.26. The Kier molecular flexibility index (Phi) is 4.88. The molecule has 1 fully saturated rings. The zero-order chi connectivity index (χ0) is 15.6. The first-order valence-corrected chi connectivity index (χ1v) is 7.81. The van der Waals surface area contributed by atoms with Crippen LogP contribution in [0, 0.1) is 0 Å². The molecule has 0 radical (unpaired) electrons. The van der Waals surface area contributed by atoms with Gasteiger partial charge in [-0.1, -0.05) is 15.9 Å². The first-order valence-electron chi connectivity index (χ1n) is 7.02. The Morgan fingerprint density at radius 2 is 1.90 bits per heavy atom. The molecule has 0 spiro atoms. The van der Waals surface area contributed by atoms with E-state index in [1.165, 1.54) is 6.07 Å². The van der Waals surface area contributed by atoms with E-state index in [1.807, 2.05) is 13.8 Å². The number of hydrogen-bond donors (Lipinski definition) is 2. The Bertz CT molecular complexity index is 552. The van der Waals surface area contributed by atoms with E-state index in [2.05, 4.69) is 21.2 Å². The third kappa shape index (κ3) is 3.56. The minimum atomic E-state index is -1.06. The van der Waals surface area contributed by atoms with Crippen LogP contribution in [0.3, 0.4) is 0 Å². The van der Waals surface area contributed by atoms with Crippen molar-refractivity contribution in [3.05, 3.63) is 28.2 Å². The molecule has 1 aliphatic heterocycles. The number of benzene rings is 1. The number of urea groups is 1. The standard InChI is InChI=1S/C15H19BrN2O3/c1-9-4-3-5-10(2)18(9)15(21)17-13-8-11(16)6-7-12(13)14(19)20/h6-10H,3-5H2,1-2H3,(H,17,21)(H,19,20). The number of anilines is 1. The van der Waals surface area contributed by atoms with E-state index in [4.69, 9.17) is 0 Å². The van der Waals surface area contributed by atoms with E-state index in [0.717, 1.165) is 23.7 Å². The second-order valence-electron chi connectivity index (χ2n) is 5.46. The van der Waals surface area contributed by atoms with Crippen molar-refractivity contribution in [3.63, 3.8) is 0 Å². The first kappa shape index (κ1) is 15.8. The van der Waals surface area contributed by atoms with Gasteiger partial charge >= 0.3 is 12.0 Å². The van der Waals surface area contributed by atoms with Gasteiger partial charge in [0.25, 0.3) is 0 Å². The van der Waals surface area contributed by atoms with Crippen LogP contribution in [0.1, 0.15) is 43.5 Å². The number of hydrogen-bond acceptors (Lipinski definition) is 2. The molecule has 5 nitrogen and oxygen atoms in total. The molecule has 2 atom stereocenters. The highest BCUT2D eigenvalue weighted by atomic mass is 79.9. The molecule has 1 saturated heterocycles. The highest BCUT2D eigenvalue weighted by molar-refractivity contribution is 9.10. The number of aromatic carboxylic acids is 1. The van der Waals surface area contributed by atoms with Gasteiger partial charge in [0.1, 0.15) is 0 Å². The van der Waals surface area contributed by atoms with Crippen molar-refractivity contribution in [1.82, 2.24) is 4.90 Å². The Labute approximate surface area is 132 Å². The summed E-state index contributed by atoms with van der Waals surface area (Å²) >= 11 is 3.30. The molecule has 2 rings (SSSR count). The summed E-state index contributed by atoms with van der Waals surface area (Å²) in [5, 5.41) is 11.9. The van der Waals surface area contributed by atoms with E-state index in [9.17, 15) is 14.7 Å². The number of likely N-dealkylation sites (tertiary alicyclic amines) is 1. The molecule has 2 unspecified atom stereocenters. The fraction of sp³-hybridized carbons (Fsp3) is 0.467. The Morgan fingerprint density at radius 3 is 2.48 bits per heavy atom. The number of carboxylic acid groups (broad SMARTS) is 1. The van der Waals surface area contributed by atoms with Crippen molar-refractivity contribution in [3.8, 4) is 0 Å². The maximum Gasteiger partial charge on any atom is 0.337 e. The highest BCUT2D eigenvalue weighted by Gasteiger charge is 2.29. The number of carbonyl (C=O) groups excluding carboxylic acids is 1. The van der Waals surface area contributed by atoms with E-state index < -0.39 is 5.97 Å². The summed E-state index contributed by atoms with van der Waals surface area (Å²) in [6.07, 6.45) is 3.06. The second kappa shape index (κ2) is 6.47. The maximum absolute atomic E-state index is 12.5. The fourth-order valence-corrected chi connectivity index (χ4v) is 3.17. The summed E-state index contributed by atoms with van der Waals surface area (Å²) in [7, 11) is 0. The Balaban J connectivity index is 2.23. The summed E-state index contributed by atoms with van der Waals surface area (Å²) in [6, 6.07) is 4.82. The summed E-state index contributed by atoms with van der Waals surface area (Å²) in [6.45, 7) is 4.04. The van der Waals surface area contributed by atoms with Gasteiger partial charge in [-0.2, -0.15) is 0 Å². The average Bonchev–Trinajstić information content (AvgIpc) is 2.38. The van der Waals surface area contributed by atoms with Crippen LogP contribution in [0.2, 0.25) is 0 Å². The lowest BCUT2D eigenvalue weighted by molar-refractivity contribution is 0.0698. The fourth-order valence-electron chi connectivity index (χ4n) is 2.81. The Morgan fingerprint density at radius 1 is 1.29 bits per heavy atom. The van der Waals surface area contributed by atoms with Crippen LogP contribution in [0.5, 0.6) is 0 Å². The number of carbonyl (C=O) groups is 2. The van der Waals surface area contributed by atoms with E-state index in [-0.39, 0.29) is 23.7 Å². The quantitative estimate of drug-likeness (QED) is 0.844. The van der Waals surface area contributed by atoms with Gasteiger partial charge in [0.2, 0.25) is 0 Å². The predicted octanol–water partition coefficient (Wildman–Crippen LogP) is 3.94. The first-order chi connectivity index (χ1) is 9.90. The molecule has 1 heterocycles. The Hall–Kier alpha value is -1.56. The minimum absolute atomic E-state index is 0.0869. The third-order valence-corrected chi connectivity index (χ3v) is 4.37. The summed E-state index contributed by atoms with van der Waals surface area (Å²) in [4.78, 5) is 25.5. The molecule has 21 heavy (non-hydrogen) atoms. The van der Waals surface area contributed by atoms with Crippen molar-refractivity contribution in [1.29, 1.82) is 0 Å². The molecular formula is C15H19BrN2O3. The number of rotatable bonds is 2. The van der Waals surface area contributed by atoms with Crippen molar-refractivity contribution in [2.45, 2.75) is 45.2 Å². The van der Waals surface area contributed by atoms with Crippen LogP contribution in [0.4, 0.5) is 10.5 Å². The summed E-state index contributed by atoms with van der Waals surface area (Å²) < 4.78 is 0.725. The molecule has 0 saturated carbocycles. The van der Waals surface area contributed by atoms with Gasteiger partial charge < -0.3 is 15.3 Å². The van der Waals surface area contributed by atoms with Gasteiger partial charge in [-0.3, -0.25) is 0 Å². The minimum Gasteiger partial charge on any atom is -0.478 e. The van der Waals surface area contributed by atoms with Crippen LogP contribution < -0.4 is 5.32 Å². The van der Waals surface area contributed by atoms with E-state index in [0.29, 0.717) is 5.69 Å². The van der Waals surface area contributed by atoms with Crippen molar-refractivity contribution in [2.24, 2.45) is 0 Å². The molecule has 0 bridgehead atoms. The number of nitrogens with one attached hydrogen (secondary N) is 1. The third-order valence-electron chi connectivity index (χ3n) is 3.88. The number of piperidine rings is 1. The predicted molar refractivity (Wildman–Crippen MR) is 84.7 cm³/mol. The smallest absolute Gasteiger partial charge is 0.337 e. The topological polar surface area (TPSA) is 69.6 Å². The maximum atomic E-state index is 12.5. The molecule has 2 amide bonds. The van der Waals surface area contributed by atoms with Crippen molar-refractivity contribution < 1.29 is 14.7 Å². The van der Waals surface area contributed by atoms with Crippen LogP contribution >= 0.6 is 15.9 Å². The zero-order valence-corrected chi connectivity index (χ0v) is 13.7. The molecule has 0 aromatic heterocycles. The van der Waals surface area contributed by atoms with Gasteiger partial charge in [0, 0.05) is 16.6 Å². The molecule has 0 aliphatic carbocycles. The number of carboxylic acids is 1. The normalized spacial score (nSPS) is 22.0. The SMILES string of the molecule is CC1CCCC(C)N1C(=O)Nc1cc(Br)ccc1C(=O)O. The molecule has 1 aromatic carbocycles. The lowest BCUT2D eigenvalue weighted by Gasteiger charge is -2.39.